The predicted octanol–water partition coefficient (Wildman–Crippen LogP) is 4.84. The molecule has 1 atom stereocenters. The lowest BCUT2D eigenvalue weighted by Crippen LogP contribution is -2.17. The van der Waals surface area contributed by atoms with E-state index < -0.39 is 0 Å². The molecule has 0 aliphatic heterocycles. The average Bonchev–Trinajstić information content (AvgIpc) is 2.49. The van der Waals surface area contributed by atoms with Gasteiger partial charge in [-0.2, -0.15) is 0 Å². The van der Waals surface area contributed by atoms with Crippen LogP contribution in [-0.4, -0.2) is 6.54 Å². The van der Waals surface area contributed by atoms with Gasteiger partial charge in [-0.1, -0.05) is 25.1 Å². The molecule has 0 saturated carbocycles. The van der Waals surface area contributed by atoms with Gasteiger partial charge in [0.05, 0.1) is 4.47 Å². The van der Waals surface area contributed by atoms with Gasteiger partial charge in [-0.25, -0.2) is 4.39 Å². The molecule has 1 unspecified atom stereocenters. The highest BCUT2D eigenvalue weighted by atomic mass is 79.9. The second-order valence-electron chi connectivity index (χ2n) is 4.89. The number of benzene rings is 2. The number of ether oxygens (including phenoxy) is 1. The number of hydrogen-bond acceptors (Lipinski definition) is 2. The van der Waals surface area contributed by atoms with Crippen molar-refractivity contribution in [2.75, 3.05) is 6.54 Å². The monoisotopic (exact) mass is 351 g/mol. The van der Waals surface area contributed by atoms with Crippen molar-refractivity contribution in [3.05, 3.63) is 63.9 Å². The van der Waals surface area contributed by atoms with Crippen molar-refractivity contribution < 1.29 is 9.13 Å². The van der Waals surface area contributed by atoms with Crippen molar-refractivity contribution >= 4 is 15.9 Å². The zero-order valence-electron chi connectivity index (χ0n) is 12.2. The van der Waals surface area contributed by atoms with Gasteiger partial charge in [0, 0.05) is 6.04 Å². The summed E-state index contributed by atoms with van der Waals surface area (Å²) in [4.78, 5) is 0. The van der Waals surface area contributed by atoms with E-state index in [1.165, 1.54) is 11.6 Å². The van der Waals surface area contributed by atoms with E-state index in [-0.39, 0.29) is 5.82 Å². The van der Waals surface area contributed by atoms with Crippen LogP contribution >= 0.6 is 15.9 Å². The molecule has 0 radical (unpaired) electrons. The Kier molecular flexibility index (Phi) is 5.76. The molecule has 4 heteroatoms. The molecule has 0 aromatic heterocycles. The number of hydrogen-bond donors (Lipinski definition) is 1. The van der Waals surface area contributed by atoms with Crippen molar-refractivity contribution in [2.45, 2.75) is 26.5 Å². The molecule has 0 saturated heterocycles. The molecule has 21 heavy (non-hydrogen) atoms. The number of halogens is 2. The molecule has 0 fully saturated rings. The topological polar surface area (TPSA) is 21.3 Å². The van der Waals surface area contributed by atoms with Crippen LogP contribution in [0.25, 0.3) is 0 Å². The van der Waals surface area contributed by atoms with E-state index in [9.17, 15) is 4.39 Å². The van der Waals surface area contributed by atoms with Gasteiger partial charge in [0.2, 0.25) is 0 Å². The van der Waals surface area contributed by atoms with Crippen LogP contribution < -0.4 is 10.1 Å². The molecule has 2 aromatic rings. The third kappa shape index (κ3) is 4.55. The minimum atomic E-state index is -0.263. The van der Waals surface area contributed by atoms with E-state index in [1.807, 2.05) is 12.1 Å². The zero-order chi connectivity index (χ0) is 15.2. The SMILES string of the molecule is CCNC(C)c1ccc(OCc2ccc(F)c(Br)c2)cc1. The molecule has 112 valence electrons. The van der Waals surface area contributed by atoms with Crippen LogP contribution in [0, 0.1) is 5.82 Å². The van der Waals surface area contributed by atoms with E-state index in [0.29, 0.717) is 17.1 Å². The standard InChI is InChI=1S/C17H19BrFNO/c1-3-20-12(2)14-5-7-15(8-6-14)21-11-13-4-9-17(19)16(18)10-13/h4-10,12,20H,3,11H2,1-2H3. The molecule has 0 aliphatic rings. The molecule has 2 aromatic carbocycles. The quantitative estimate of drug-likeness (QED) is 0.803. The Hall–Kier alpha value is -1.39. The van der Waals surface area contributed by atoms with Gasteiger partial charge < -0.3 is 10.1 Å². The molecule has 0 heterocycles. The van der Waals surface area contributed by atoms with Crippen LogP contribution in [0.5, 0.6) is 5.75 Å². The normalized spacial score (nSPS) is 12.2. The van der Waals surface area contributed by atoms with Gasteiger partial charge in [0.1, 0.15) is 18.2 Å². The van der Waals surface area contributed by atoms with Crippen molar-refractivity contribution in [3.63, 3.8) is 0 Å². The number of rotatable bonds is 6. The summed E-state index contributed by atoms with van der Waals surface area (Å²) in [7, 11) is 0. The minimum absolute atomic E-state index is 0.263. The van der Waals surface area contributed by atoms with Gasteiger partial charge in [-0.05, 0) is 64.8 Å². The third-order valence-corrected chi connectivity index (χ3v) is 3.89. The van der Waals surface area contributed by atoms with E-state index in [0.717, 1.165) is 17.9 Å². The highest BCUT2D eigenvalue weighted by Gasteiger charge is 2.04. The fourth-order valence-corrected chi connectivity index (χ4v) is 2.50. The van der Waals surface area contributed by atoms with Crippen molar-refractivity contribution in [1.29, 1.82) is 0 Å². The summed E-state index contributed by atoms with van der Waals surface area (Å²) in [5.41, 5.74) is 2.15. The van der Waals surface area contributed by atoms with E-state index in [4.69, 9.17) is 4.74 Å². The summed E-state index contributed by atoms with van der Waals surface area (Å²) < 4.78 is 19.3. The molecule has 0 bridgehead atoms. The molecule has 0 amide bonds. The lowest BCUT2D eigenvalue weighted by molar-refractivity contribution is 0.306. The highest BCUT2D eigenvalue weighted by molar-refractivity contribution is 9.10. The predicted molar refractivity (Wildman–Crippen MR) is 87.0 cm³/mol. The number of nitrogens with one attached hydrogen (secondary N) is 1. The lowest BCUT2D eigenvalue weighted by atomic mass is 10.1. The maximum atomic E-state index is 13.2. The van der Waals surface area contributed by atoms with Crippen LogP contribution in [-0.2, 0) is 6.61 Å². The molecular weight excluding hydrogens is 333 g/mol. The first-order valence-electron chi connectivity index (χ1n) is 7.00. The maximum absolute atomic E-state index is 13.2. The van der Waals surface area contributed by atoms with Crippen molar-refractivity contribution in [3.8, 4) is 5.75 Å². The fourth-order valence-electron chi connectivity index (χ4n) is 2.07. The van der Waals surface area contributed by atoms with Gasteiger partial charge in [-0.15, -0.1) is 0 Å². The van der Waals surface area contributed by atoms with Crippen LogP contribution in [0.4, 0.5) is 4.39 Å². The van der Waals surface area contributed by atoms with Crippen LogP contribution in [0.3, 0.4) is 0 Å². The molecule has 0 spiro atoms. The maximum Gasteiger partial charge on any atom is 0.137 e. The Labute approximate surface area is 133 Å². The minimum Gasteiger partial charge on any atom is -0.489 e. The Morgan fingerprint density at radius 1 is 1.19 bits per heavy atom. The molecule has 2 rings (SSSR count). The Balaban J connectivity index is 1.95. The summed E-state index contributed by atoms with van der Waals surface area (Å²) in [6.45, 7) is 5.59. The van der Waals surface area contributed by atoms with E-state index in [2.05, 4.69) is 47.2 Å². The lowest BCUT2D eigenvalue weighted by Gasteiger charge is -2.13. The van der Waals surface area contributed by atoms with Crippen molar-refractivity contribution in [1.82, 2.24) is 5.32 Å². The molecule has 1 N–H and O–H groups in total. The van der Waals surface area contributed by atoms with E-state index in [1.54, 1.807) is 12.1 Å². The first-order valence-corrected chi connectivity index (χ1v) is 7.79. The summed E-state index contributed by atoms with van der Waals surface area (Å²) in [6.07, 6.45) is 0. The zero-order valence-corrected chi connectivity index (χ0v) is 13.8. The van der Waals surface area contributed by atoms with Gasteiger partial charge in [0.15, 0.2) is 0 Å². The van der Waals surface area contributed by atoms with Gasteiger partial charge in [-0.3, -0.25) is 0 Å². The second kappa shape index (κ2) is 7.57. The summed E-state index contributed by atoms with van der Waals surface area (Å²) >= 11 is 3.17. The fraction of sp³-hybridized carbons (Fsp3) is 0.294. The summed E-state index contributed by atoms with van der Waals surface area (Å²) in [6, 6.07) is 13.3. The van der Waals surface area contributed by atoms with Gasteiger partial charge >= 0.3 is 0 Å². The smallest absolute Gasteiger partial charge is 0.137 e. The van der Waals surface area contributed by atoms with Crippen molar-refractivity contribution in [2.24, 2.45) is 0 Å². The van der Waals surface area contributed by atoms with Crippen LogP contribution in [0.2, 0.25) is 0 Å². The third-order valence-electron chi connectivity index (χ3n) is 3.28. The largest absolute Gasteiger partial charge is 0.489 e. The van der Waals surface area contributed by atoms with Crippen LogP contribution in [0.15, 0.2) is 46.9 Å². The molecular formula is C17H19BrFNO. The Morgan fingerprint density at radius 3 is 2.52 bits per heavy atom. The van der Waals surface area contributed by atoms with Crippen LogP contribution in [0.1, 0.15) is 31.0 Å². The Bertz CT molecular complexity index is 586. The Morgan fingerprint density at radius 2 is 1.90 bits per heavy atom. The summed E-state index contributed by atoms with van der Waals surface area (Å²) in [5, 5.41) is 3.37. The average molecular weight is 352 g/mol. The summed E-state index contributed by atoms with van der Waals surface area (Å²) in [5.74, 6) is 0.545. The first kappa shape index (κ1) is 16.0. The van der Waals surface area contributed by atoms with Gasteiger partial charge in [0.25, 0.3) is 0 Å². The first-order chi connectivity index (χ1) is 10.1. The molecule has 2 nitrogen and oxygen atoms in total. The second-order valence-corrected chi connectivity index (χ2v) is 5.74. The highest BCUT2D eigenvalue weighted by Crippen LogP contribution is 2.20. The molecule has 0 aliphatic carbocycles. The van der Waals surface area contributed by atoms with E-state index >= 15 is 0 Å².